The summed E-state index contributed by atoms with van der Waals surface area (Å²) < 4.78 is 5.66. The zero-order valence-corrected chi connectivity index (χ0v) is 13.1. The summed E-state index contributed by atoms with van der Waals surface area (Å²) in [5, 5.41) is 11.7. The lowest BCUT2D eigenvalue weighted by atomic mass is 10.1. The van der Waals surface area contributed by atoms with Crippen LogP contribution in [-0.4, -0.2) is 23.1 Å². The highest BCUT2D eigenvalue weighted by Crippen LogP contribution is 2.18. The van der Waals surface area contributed by atoms with Crippen molar-refractivity contribution in [1.82, 2.24) is 0 Å². The number of hydrogen-bond acceptors (Lipinski definition) is 3. The molecule has 0 saturated carbocycles. The van der Waals surface area contributed by atoms with Crippen molar-refractivity contribution in [2.75, 3.05) is 5.32 Å². The minimum atomic E-state index is -1.08. The third-order valence-electron chi connectivity index (χ3n) is 3.43. The average molecular weight is 313 g/mol. The van der Waals surface area contributed by atoms with Crippen LogP contribution in [0.2, 0.25) is 0 Å². The molecule has 2 N–H and O–H groups in total. The first-order valence-electron chi connectivity index (χ1n) is 7.41. The van der Waals surface area contributed by atoms with Gasteiger partial charge < -0.3 is 15.2 Å². The topological polar surface area (TPSA) is 75.6 Å². The Hall–Kier alpha value is -2.82. The lowest BCUT2D eigenvalue weighted by Crippen LogP contribution is -2.15. The Kier molecular flexibility index (Phi) is 5.36. The van der Waals surface area contributed by atoms with Crippen molar-refractivity contribution >= 4 is 17.6 Å². The van der Waals surface area contributed by atoms with Crippen molar-refractivity contribution in [3.63, 3.8) is 0 Å². The van der Waals surface area contributed by atoms with E-state index in [1.54, 1.807) is 42.5 Å². The summed E-state index contributed by atoms with van der Waals surface area (Å²) >= 11 is 0. The Morgan fingerprint density at radius 3 is 2.39 bits per heavy atom. The molecule has 0 spiro atoms. The molecular formula is C18H19NO4. The van der Waals surface area contributed by atoms with Crippen LogP contribution in [0.1, 0.15) is 41.0 Å². The van der Waals surface area contributed by atoms with Gasteiger partial charge in [0.05, 0.1) is 17.4 Å². The fourth-order valence-corrected chi connectivity index (χ4v) is 1.97. The molecule has 0 unspecified atom stereocenters. The van der Waals surface area contributed by atoms with Crippen LogP contribution in [0.5, 0.6) is 5.75 Å². The van der Waals surface area contributed by atoms with E-state index >= 15 is 0 Å². The molecule has 2 rings (SSSR count). The van der Waals surface area contributed by atoms with Crippen LogP contribution in [0, 0.1) is 0 Å². The summed E-state index contributed by atoms with van der Waals surface area (Å²) in [4.78, 5) is 23.4. The van der Waals surface area contributed by atoms with Gasteiger partial charge in [-0.05, 0) is 49.7 Å². The molecule has 23 heavy (non-hydrogen) atoms. The molecule has 0 aliphatic rings. The zero-order chi connectivity index (χ0) is 16.8. The molecule has 0 fully saturated rings. The zero-order valence-electron chi connectivity index (χ0n) is 13.1. The van der Waals surface area contributed by atoms with Gasteiger partial charge in [-0.3, -0.25) is 4.79 Å². The number of hydrogen-bond donors (Lipinski definition) is 2. The number of benzene rings is 2. The number of ether oxygens (including phenoxy) is 1. The number of anilines is 1. The van der Waals surface area contributed by atoms with Gasteiger partial charge in [-0.15, -0.1) is 0 Å². The monoisotopic (exact) mass is 313 g/mol. The minimum Gasteiger partial charge on any atom is -0.491 e. The summed E-state index contributed by atoms with van der Waals surface area (Å²) in [6.45, 7) is 4.01. The smallest absolute Gasteiger partial charge is 0.337 e. The second-order valence-electron chi connectivity index (χ2n) is 5.17. The first kappa shape index (κ1) is 16.5. The van der Waals surface area contributed by atoms with Crippen molar-refractivity contribution < 1.29 is 19.4 Å². The third kappa shape index (κ3) is 4.32. The van der Waals surface area contributed by atoms with Crippen molar-refractivity contribution in [3.8, 4) is 5.75 Å². The van der Waals surface area contributed by atoms with Gasteiger partial charge in [0.1, 0.15) is 5.75 Å². The van der Waals surface area contributed by atoms with Gasteiger partial charge in [0.15, 0.2) is 0 Å². The van der Waals surface area contributed by atoms with E-state index in [1.165, 1.54) is 6.07 Å². The molecule has 120 valence electrons. The third-order valence-corrected chi connectivity index (χ3v) is 3.43. The van der Waals surface area contributed by atoms with Crippen molar-refractivity contribution in [2.24, 2.45) is 0 Å². The van der Waals surface area contributed by atoms with E-state index in [9.17, 15) is 9.59 Å². The quantitative estimate of drug-likeness (QED) is 0.850. The average Bonchev–Trinajstić information content (AvgIpc) is 2.55. The summed E-state index contributed by atoms with van der Waals surface area (Å²) in [5.74, 6) is -0.756. The molecule has 1 amide bonds. The summed E-state index contributed by atoms with van der Waals surface area (Å²) in [6.07, 6.45) is 1.01. The van der Waals surface area contributed by atoms with Crippen LogP contribution < -0.4 is 10.1 Å². The number of rotatable bonds is 6. The number of amides is 1. The molecule has 0 aliphatic heterocycles. The first-order valence-corrected chi connectivity index (χ1v) is 7.41. The van der Waals surface area contributed by atoms with Crippen LogP contribution in [0.3, 0.4) is 0 Å². The molecule has 0 aliphatic carbocycles. The van der Waals surface area contributed by atoms with E-state index in [1.807, 2.05) is 13.8 Å². The highest BCUT2D eigenvalue weighted by atomic mass is 16.5. The number of carboxylic acid groups (broad SMARTS) is 1. The predicted octanol–water partition coefficient (Wildman–Crippen LogP) is 3.81. The number of nitrogens with one attached hydrogen (secondary N) is 1. The largest absolute Gasteiger partial charge is 0.491 e. The van der Waals surface area contributed by atoms with Crippen LogP contribution in [0.4, 0.5) is 5.69 Å². The maximum Gasteiger partial charge on any atom is 0.337 e. The Balaban J connectivity index is 2.11. The van der Waals surface area contributed by atoms with E-state index in [-0.39, 0.29) is 23.3 Å². The molecule has 5 nitrogen and oxygen atoms in total. The van der Waals surface area contributed by atoms with Crippen LogP contribution in [-0.2, 0) is 0 Å². The molecule has 0 heterocycles. The van der Waals surface area contributed by atoms with Gasteiger partial charge in [0, 0.05) is 5.56 Å². The number of carboxylic acids is 1. The highest BCUT2D eigenvalue weighted by molar-refractivity contribution is 6.07. The molecule has 0 saturated heterocycles. The van der Waals surface area contributed by atoms with E-state index in [4.69, 9.17) is 9.84 Å². The normalized spacial score (nSPS) is 11.6. The molecule has 0 bridgehead atoms. The molecular weight excluding hydrogens is 294 g/mol. The number of aromatic carboxylic acids is 1. The molecule has 5 heteroatoms. The fourth-order valence-electron chi connectivity index (χ4n) is 1.97. The maximum atomic E-state index is 12.2. The highest BCUT2D eigenvalue weighted by Gasteiger charge is 2.13. The van der Waals surface area contributed by atoms with Crippen molar-refractivity contribution in [2.45, 2.75) is 26.4 Å². The minimum absolute atomic E-state index is 0.0533. The molecule has 2 aromatic carbocycles. The summed E-state index contributed by atoms with van der Waals surface area (Å²) in [7, 11) is 0. The van der Waals surface area contributed by atoms with Crippen molar-refractivity contribution in [1.29, 1.82) is 0 Å². The van der Waals surface area contributed by atoms with E-state index in [0.29, 0.717) is 11.3 Å². The Morgan fingerprint density at radius 2 is 1.78 bits per heavy atom. The van der Waals surface area contributed by atoms with Crippen molar-refractivity contribution in [3.05, 3.63) is 59.7 Å². The van der Waals surface area contributed by atoms with Gasteiger partial charge in [-0.1, -0.05) is 19.1 Å². The molecule has 2 aromatic rings. The van der Waals surface area contributed by atoms with Crippen LogP contribution >= 0.6 is 0 Å². The molecule has 0 aromatic heterocycles. The summed E-state index contributed by atoms with van der Waals surface area (Å²) in [6, 6.07) is 13.0. The van der Waals surface area contributed by atoms with Gasteiger partial charge in [-0.2, -0.15) is 0 Å². The Bertz CT molecular complexity index is 694. The molecule has 1 atom stereocenters. The standard InChI is InChI=1S/C18H19NO4/c1-3-12(2)23-14-10-8-13(9-11-14)17(20)19-16-7-5-4-6-15(16)18(21)22/h4-12H,3H2,1-2H3,(H,19,20)(H,21,22)/t12-/m1/s1. The summed E-state index contributed by atoms with van der Waals surface area (Å²) in [5.41, 5.74) is 0.754. The van der Waals surface area contributed by atoms with Crippen LogP contribution in [0.25, 0.3) is 0 Å². The van der Waals surface area contributed by atoms with E-state index in [0.717, 1.165) is 6.42 Å². The second-order valence-corrected chi connectivity index (χ2v) is 5.17. The van der Waals surface area contributed by atoms with Gasteiger partial charge in [0.25, 0.3) is 5.91 Å². The Morgan fingerprint density at radius 1 is 1.13 bits per heavy atom. The van der Waals surface area contributed by atoms with Gasteiger partial charge >= 0.3 is 5.97 Å². The van der Waals surface area contributed by atoms with E-state index in [2.05, 4.69) is 5.32 Å². The van der Waals surface area contributed by atoms with Gasteiger partial charge in [0.2, 0.25) is 0 Å². The predicted molar refractivity (Wildman–Crippen MR) is 88.2 cm³/mol. The van der Waals surface area contributed by atoms with E-state index < -0.39 is 5.97 Å². The molecule has 0 radical (unpaired) electrons. The SMILES string of the molecule is CC[C@@H](C)Oc1ccc(C(=O)Nc2ccccc2C(=O)O)cc1. The number of para-hydroxylation sites is 1. The number of carbonyl (C=O) groups is 2. The first-order chi connectivity index (χ1) is 11.0. The fraction of sp³-hybridized carbons (Fsp3) is 0.222. The van der Waals surface area contributed by atoms with Gasteiger partial charge in [-0.25, -0.2) is 4.79 Å². The number of carbonyl (C=O) groups excluding carboxylic acids is 1. The Labute approximate surface area is 134 Å². The second kappa shape index (κ2) is 7.45. The van der Waals surface area contributed by atoms with Crippen LogP contribution in [0.15, 0.2) is 48.5 Å². The maximum absolute atomic E-state index is 12.2. The lowest BCUT2D eigenvalue weighted by Gasteiger charge is -2.13. The lowest BCUT2D eigenvalue weighted by molar-refractivity contribution is 0.0698.